The molecule has 0 atom stereocenters. The maximum absolute atomic E-state index is 10.9. The fraction of sp³-hybridized carbons (Fsp3) is 0.750. The van der Waals surface area contributed by atoms with Crippen molar-refractivity contribution in [2.45, 2.75) is 51.5 Å². The van der Waals surface area contributed by atoms with Crippen LogP contribution in [0.1, 0.15) is 44.3 Å². The SMILES string of the molecule is O=C(O)Cn1ccnc1CC12CC3CC(CC(C3)C1)C2. The zero-order valence-electron chi connectivity index (χ0n) is 11.8. The predicted molar refractivity (Wildman–Crippen MR) is 74.2 cm³/mol. The molecule has 5 rings (SSSR count). The molecule has 0 aliphatic heterocycles. The minimum absolute atomic E-state index is 0.0434. The number of hydrogen-bond acceptors (Lipinski definition) is 2. The van der Waals surface area contributed by atoms with Crippen molar-refractivity contribution in [1.82, 2.24) is 9.55 Å². The summed E-state index contributed by atoms with van der Waals surface area (Å²) >= 11 is 0. The molecule has 4 saturated carbocycles. The molecule has 1 N–H and O–H groups in total. The first kappa shape index (κ1) is 12.4. The van der Waals surface area contributed by atoms with Crippen LogP contribution in [0, 0.1) is 23.2 Å². The summed E-state index contributed by atoms with van der Waals surface area (Å²) in [6.07, 6.45) is 12.9. The number of carboxylic acids is 1. The van der Waals surface area contributed by atoms with Gasteiger partial charge in [0.2, 0.25) is 0 Å². The maximum atomic E-state index is 10.9. The molecule has 4 bridgehead atoms. The van der Waals surface area contributed by atoms with Crippen LogP contribution in [0.25, 0.3) is 0 Å². The standard InChI is InChI=1S/C16H22N2O2/c19-15(20)10-18-2-1-17-14(18)9-16-6-11-3-12(7-16)5-13(4-11)8-16/h1-2,11-13H,3-10H2,(H,19,20). The summed E-state index contributed by atoms with van der Waals surface area (Å²) in [5.41, 5.74) is 0.427. The Bertz CT molecular complexity index is 499. The van der Waals surface area contributed by atoms with E-state index in [4.69, 9.17) is 5.11 Å². The van der Waals surface area contributed by atoms with E-state index in [1.807, 2.05) is 10.8 Å². The van der Waals surface area contributed by atoms with Gasteiger partial charge in [0, 0.05) is 18.8 Å². The van der Waals surface area contributed by atoms with E-state index in [-0.39, 0.29) is 6.54 Å². The van der Waals surface area contributed by atoms with Crippen LogP contribution in [-0.2, 0) is 17.8 Å². The summed E-state index contributed by atoms with van der Waals surface area (Å²) in [5, 5.41) is 8.99. The molecule has 4 nitrogen and oxygen atoms in total. The molecule has 4 aliphatic rings. The van der Waals surface area contributed by atoms with E-state index in [2.05, 4.69) is 4.98 Å². The second kappa shape index (κ2) is 4.34. The fourth-order valence-corrected chi connectivity index (χ4v) is 5.64. The van der Waals surface area contributed by atoms with Gasteiger partial charge >= 0.3 is 5.97 Å². The summed E-state index contributed by atoms with van der Waals surface area (Å²) in [5.74, 6) is 3.00. The van der Waals surface area contributed by atoms with Crippen LogP contribution in [0.4, 0.5) is 0 Å². The second-order valence-electron chi connectivity index (χ2n) is 7.46. The van der Waals surface area contributed by atoms with Crippen molar-refractivity contribution in [3.8, 4) is 0 Å². The summed E-state index contributed by atoms with van der Waals surface area (Å²) in [7, 11) is 0. The quantitative estimate of drug-likeness (QED) is 0.918. The molecular weight excluding hydrogens is 252 g/mol. The number of aromatic nitrogens is 2. The lowest BCUT2D eigenvalue weighted by Crippen LogP contribution is -2.47. The Balaban J connectivity index is 1.57. The lowest BCUT2D eigenvalue weighted by molar-refractivity contribution is -0.137. The highest BCUT2D eigenvalue weighted by atomic mass is 16.4. The minimum Gasteiger partial charge on any atom is -0.480 e. The minimum atomic E-state index is -0.783. The van der Waals surface area contributed by atoms with Gasteiger partial charge in [-0.1, -0.05) is 0 Å². The molecule has 1 aromatic heterocycles. The number of hydrogen-bond donors (Lipinski definition) is 1. The Kier molecular flexibility index (Phi) is 2.69. The third-order valence-electron chi connectivity index (χ3n) is 5.81. The van der Waals surface area contributed by atoms with Gasteiger partial charge in [0.15, 0.2) is 0 Å². The smallest absolute Gasteiger partial charge is 0.323 e. The van der Waals surface area contributed by atoms with Gasteiger partial charge in [-0.3, -0.25) is 4.79 Å². The predicted octanol–water partition coefficient (Wildman–Crippen LogP) is 2.73. The Morgan fingerprint density at radius 3 is 2.40 bits per heavy atom. The van der Waals surface area contributed by atoms with E-state index in [1.165, 1.54) is 38.5 Å². The van der Waals surface area contributed by atoms with Gasteiger partial charge < -0.3 is 9.67 Å². The number of rotatable bonds is 4. The average molecular weight is 274 g/mol. The highest BCUT2D eigenvalue weighted by Crippen LogP contribution is 2.60. The third kappa shape index (κ3) is 2.05. The molecule has 0 spiro atoms. The van der Waals surface area contributed by atoms with Gasteiger partial charge in [-0.05, 0) is 61.7 Å². The van der Waals surface area contributed by atoms with E-state index >= 15 is 0 Å². The lowest BCUT2D eigenvalue weighted by atomic mass is 9.49. The van der Waals surface area contributed by atoms with Crippen molar-refractivity contribution in [3.05, 3.63) is 18.2 Å². The molecule has 1 heterocycles. The third-order valence-corrected chi connectivity index (χ3v) is 5.81. The van der Waals surface area contributed by atoms with Crippen molar-refractivity contribution in [1.29, 1.82) is 0 Å². The zero-order chi connectivity index (χ0) is 13.7. The number of carbonyl (C=O) groups is 1. The van der Waals surface area contributed by atoms with Crippen LogP contribution in [-0.4, -0.2) is 20.6 Å². The Labute approximate surface area is 119 Å². The van der Waals surface area contributed by atoms with Gasteiger partial charge in [-0.15, -0.1) is 0 Å². The van der Waals surface area contributed by atoms with Crippen LogP contribution in [0.5, 0.6) is 0 Å². The maximum Gasteiger partial charge on any atom is 0.323 e. The van der Waals surface area contributed by atoms with Crippen molar-refractivity contribution in [2.24, 2.45) is 23.2 Å². The summed E-state index contributed by atoms with van der Waals surface area (Å²) in [6.45, 7) is 0.0434. The van der Waals surface area contributed by atoms with E-state index < -0.39 is 5.97 Å². The van der Waals surface area contributed by atoms with Crippen LogP contribution in [0.2, 0.25) is 0 Å². The average Bonchev–Trinajstić information content (AvgIpc) is 2.73. The molecular formula is C16H22N2O2. The van der Waals surface area contributed by atoms with E-state index in [1.54, 1.807) is 6.20 Å². The molecule has 0 unspecified atom stereocenters. The molecule has 20 heavy (non-hydrogen) atoms. The van der Waals surface area contributed by atoms with Crippen molar-refractivity contribution in [3.63, 3.8) is 0 Å². The van der Waals surface area contributed by atoms with Gasteiger partial charge in [-0.25, -0.2) is 4.98 Å². The first-order valence-electron chi connectivity index (χ1n) is 7.84. The first-order chi connectivity index (χ1) is 9.62. The van der Waals surface area contributed by atoms with Crippen molar-refractivity contribution >= 4 is 5.97 Å². The number of carboxylic acid groups (broad SMARTS) is 1. The van der Waals surface area contributed by atoms with Gasteiger partial charge in [-0.2, -0.15) is 0 Å². The largest absolute Gasteiger partial charge is 0.480 e. The molecule has 0 amide bonds. The topological polar surface area (TPSA) is 55.1 Å². The van der Waals surface area contributed by atoms with Crippen LogP contribution in [0.15, 0.2) is 12.4 Å². The first-order valence-corrected chi connectivity index (χ1v) is 7.84. The van der Waals surface area contributed by atoms with Crippen molar-refractivity contribution < 1.29 is 9.90 Å². The number of nitrogens with zero attached hydrogens (tertiary/aromatic N) is 2. The molecule has 1 aromatic rings. The lowest BCUT2D eigenvalue weighted by Gasteiger charge is -2.56. The zero-order valence-corrected chi connectivity index (χ0v) is 11.8. The Morgan fingerprint density at radius 2 is 1.85 bits per heavy atom. The van der Waals surface area contributed by atoms with Crippen LogP contribution in [0.3, 0.4) is 0 Å². The molecule has 0 aromatic carbocycles. The Morgan fingerprint density at radius 1 is 1.25 bits per heavy atom. The summed E-state index contributed by atoms with van der Waals surface area (Å²) < 4.78 is 1.82. The summed E-state index contributed by atoms with van der Waals surface area (Å²) in [6, 6.07) is 0. The van der Waals surface area contributed by atoms with E-state index in [9.17, 15) is 4.79 Å². The van der Waals surface area contributed by atoms with Gasteiger partial charge in [0.1, 0.15) is 12.4 Å². The monoisotopic (exact) mass is 274 g/mol. The highest BCUT2D eigenvalue weighted by Gasteiger charge is 2.51. The molecule has 0 radical (unpaired) electrons. The fourth-order valence-electron chi connectivity index (χ4n) is 5.64. The Hall–Kier alpha value is -1.32. The van der Waals surface area contributed by atoms with E-state index in [0.717, 1.165) is 30.0 Å². The molecule has 4 fully saturated rings. The molecule has 0 saturated heterocycles. The highest BCUT2D eigenvalue weighted by molar-refractivity contribution is 5.66. The van der Waals surface area contributed by atoms with Gasteiger partial charge in [0.05, 0.1) is 0 Å². The normalized spacial score (nSPS) is 38.3. The van der Waals surface area contributed by atoms with E-state index in [0.29, 0.717) is 5.41 Å². The number of aliphatic carboxylic acids is 1. The molecule has 4 aliphatic carbocycles. The second-order valence-corrected chi connectivity index (χ2v) is 7.46. The number of imidazole rings is 1. The molecule has 108 valence electrons. The van der Waals surface area contributed by atoms with Gasteiger partial charge in [0.25, 0.3) is 0 Å². The summed E-state index contributed by atoms with van der Waals surface area (Å²) in [4.78, 5) is 15.4. The van der Waals surface area contributed by atoms with Crippen LogP contribution < -0.4 is 0 Å². The molecule has 4 heteroatoms. The van der Waals surface area contributed by atoms with Crippen LogP contribution >= 0.6 is 0 Å². The van der Waals surface area contributed by atoms with Crippen molar-refractivity contribution in [2.75, 3.05) is 0 Å².